The molecule has 5 heteroatoms. The lowest BCUT2D eigenvalue weighted by molar-refractivity contribution is -0.384. The van der Waals surface area contributed by atoms with E-state index in [2.05, 4.69) is 0 Å². The van der Waals surface area contributed by atoms with Gasteiger partial charge in [0.2, 0.25) is 0 Å². The maximum Gasteiger partial charge on any atom is 0.270 e. The third kappa shape index (κ3) is 3.67. The molecule has 0 aliphatic carbocycles. The largest absolute Gasteiger partial charge is 0.294 e. The lowest BCUT2D eigenvalue weighted by Crippen LogP contribution is -1.96. The van der Waals surface area contributed by atoms with E-state index >= 15 is 0 Å². The molecule has 0 atom stereocenters. The number of nitro groups is 1. The second kappa shape index (κ2) is 6.14. The third-order valence-electron chi connectivity index (χ3n) is 1.54. The maximum atomic E-state index is 10.9. The van der Waals surface area contributed by atoms with Gasteiger partial charge >= 0.3 is 0 Å². The van der Waals surface area contributed by atoms with Gasteiger partial charge in [0.25, 0.3) is 5.69 Å². The predicted octanol–water partition coefficient (Wildman–Crippen LogP) is 3.48. The van der Waals surface area contributed by atoms with Gasteiger partial charge in [-0.1, -0.05) is 25.4 Å². The van der Waals surface area contributed by atoms with Crippen molar-refractivity contribution in [3.63, 3.8) is 0 Å². The zero-order valence-corrected chi connectivity index (χ0v) is 9.54. The van der Waals surface area contributed by atoms with E-state index in [1.54, 1.807) is 0 Å². The minimum Gasteiger partial charge on any atom is -0.294 e. The molecule has 15 heavy (non-hydrogen) atoms. The third-order valence-corrected chi connectivity index (χ3v) is 1.87. The van der Waals surface area contributed by atoms with Gasteiger partial charge in [0.05, 0.1) is 9.95 Å². The summed E-state index contributed by atoms with van der Waals surface area (Å²) >= 11 is 5.65. The number of rotatable bonds is 2. The number of ketones is 1. The van der Waals surface area contributed by atoms with Crippen molar-refractivity contribution >= 4 is 23.1 Å². The molecule has 0 aliphatic rings. The molecule has 82 valence electrons. The molecular weight excluding hydrogens is 218 g/mol. The molecular formula is C10H12ClNO3. The number of hydrogen-bond donors (Lipinski definition) is 0. The number of hydrogen-bond acceptors (Lipinski definition) is 3. The molecule has 4 nitrogen and oxygen atoms in total. The van der Waals surface area contributed by atoms with Gasteiger partial charge < -0.3 is 0 Å². The average molecular weight is 230 g/mol. The van der Waals surface area contributed by atoms with Gasteiger partial charge in [-0.05, 0) is 13.0 Å². The molecule has 0 aliphatic heterocycles. The van der Waals surface area contributed by atoms with E-state index in [0.29, 0.717) is 0 Å². The number of nitrogens with zero attached hydrogens (tertiary/aromatic N) is 1. The van der Waals surface area contributed by atoms with Crippen LogP contribution in [0.5, 0.6) is 0 Å². The number of benzene rings is 1. The number of halogens is 1. The molecule has 0 aromatic heterocycles. The molecule has 1 aromatic carbocycles. The Labute approximate surface area is 93.0 Å². The molecule has 0 unspecified atom stereocenters. The summed E-state index contributed by atoms with van der Waals surface area (Å²) in [7, 11) is 0. The van der Waals surface area contributed by atoms with Gasteiger partial charge in [0.15, 0.2) is 5.78 Å². The van der Waals surface area contributed by atoms with Crippen LogP contribution in [0.1, 0.15) is 31.1 Å². The van der Waals surface area contributed by atoms with Crippen molar-refractivity contribution in [2.24, 2.45) is 0 Å². The minimum atomic E-state index is -0.567. The Morgan fingerprint density at radius 2 is 1.93 bits per heavy atom. The molecule has 0 N–H and O–H groups in total. The van der Waals surface area contributed by atoms with Crippen LogP contribution in [0.2, 0.25) is 5.02 Å². The van der Waals surface area contributed by atoms with Crippen LogP contribution < -0.4 is 0 Å². The topological polar surface area (TPSA) is 60.2 Å². The molecule has 0 radical (unpaired) electrons. The lowest BCUT2D eigenvalue weighted by Gasteiger charge is -1.98. The summed E-state index contributed by atoms with van der Waals surface area (Å²) in [5, 5.41) is 10.6. The molecule has 1 rings (SSSR count). The highest BCUT2D eigenvalue weighted by Crippen LogP contribution is 2.22. The van der Waals surface area contributed by atoms with E-state index in [9.17, 15) is 14.9 Å². The highest BCUT2D eigenvalue weighted by Gasteiger charge is 2.12. The molecule has 1 aromatic rings. The number of carbonyl (C=O) groups is 1. The van der Waals surface area contributed by atoms with Crippen LogP contribution in [0.3, 0.4) is 0 Å². The summed E-state index contributed by atoms with van der Waals surface area (Å²) in [6, 6.07) is 3.77. The number of nitro benzene ring substituents is 1. The smallest absolute Gasteiger partial charge is 0.270 e. The molecule has 0 bridgehead atoms. The summed E-state index contributed by atoms with van der Waals surface area (Å²) in [5.41, 5.74) is 0.0467. The number of non-ortho nitro benzene ring substituents is 1. The van der Waals surface area contributed by atoms with Gasteiger partial charge in [0.1, 0.15) is 0 Å². The Kier molecular flexibility index (Phi) is 5.56. The first-order valence-corrected chi connectivity index (χ1v) is 4.85. The first-order chi connectivity index (χ1) is 7.02. The molecule has 0 heterocycles. The molecule has 0 saturated carbocycles. The summed E-state index contributed by atoms with van der Waals surface area (Å²) in [4.78, 5) is 20.7. The van der Waals surface area contributed by atoms with Crippen LogP contribution >= 0.6 is 11.6 Å². The van der Waals surface area contributed by atoms with Crippen LogP contribution in [0, 0.1) is 10.1 Å². The second-order valence-electron chi connectivity index (χ2n) is 2.48. The quantitative estimate of drug-likeness (QED) is 0.443. The molecule has 0 spiro atoms. The van der Waals surface area contributed by atoms with Crippen molar-refractivity contribution in [1.82, 2.24) is 0 Å². The van der Waals surface area contributed by atoms with Crippen LogP contribution in [0.25, 0.3) is 0 Å². The van der Waals surface area contributed by atoms with Crippen molar-refractivity contribution in [3.05, 3.63) is 38.9 Å². The summed E-state index contributed by atoms with van der Waals surface area (Å²) < 4.78 is 0. The van der Waals surface area contributed by atoms with Gasteiger partial charge in [-0.3, -0.25) is 14.9 Å². The average Bonchev–Trinajstić information content (AvgIpc) is 2.20. The first kappa shape index (κ1) is 13.6. The Bertz CT molecular complexity index is 377. The Morgan fingerprint density at radius 3 is 2.33 bits per heavy atom. The highest BCUT2D eigenvalue weighted by atomic mass is 35.5. The van der Waals surface area contributed by atoms with Crippen molar-refractivity contribution in [2.45, 2.75) is 20.8 Å². The fourth-order valence-corrected chi connectivity index (χ4v) is 1.15. The lowest BCUT2D eigenvalue weighted by atomic mass is 10.1. The summed E-state index contributed by atoms with van der Waals surface area (Å²) in [5.74, 6) is -0.284. The van der Waals surface area contributed by atoms with Crippen LogP contribution in [0.4, 0.5) is 5.69 Å². The van der Waals surface area contributed by atoms with Crippen molar-refractivity contribution < 1.29 is 9.72 Å². The highest BCUT2D eigenvalue weighted by molar-refractivity contribution is 6.33. The normalized spacial score (nSPS) is 8.80. The standard InChI is InChI=1S/C8H6ClNO3.C2H6/c1-5(11)7-4-6(10(12)13)2-3-8(7)9;1-2/h2-4H,1H3;1-2H3. The van der Waals surface area contributed by atoms with Crippen LogP contribution in [-0.2, 0) is 0 Å². The van der Waals surface area contributed by atoms with Crippen molar-refractivity contribution in [2.75, 3.05) is 0 Å². The fraction of sp³-hybridized carbons (Fsp3) is 0.300. The maximum absolute atomic E-state index is 10.9. The number of carbonyl (C=O) groups excluding carboxylic acids is 1. The van der Waals surface area contributed by atoms with Gasteiger partial charge in [-0.25, -0.2) is 0 Å². The Morgan fingerprint density at radius 1 is 1.40 bits per heavy atom. The fourth-order valence-electron chi connectivity index (χ4n) is 0.897. The monoisotopic (exact) mass is 229 g/mol. The first-order valence-electron chi connectivity index (χ1n) is 4.47. The SMILES string of the molecule is CC.CC(=O)c1cc([N+](=O)[O-])ccc1Cl. The molecule has 0 saturated heterocycles. The van der Waals surface area contributed by atoms with Crippen LogP contribution in [-0.4, -0.2) is 10.7 Å². The second-order valence-corrected chi connectivity index (χ2v) is 2.88. The van der Waals surface area contributed by atoms with Crippen molar-refractivity contribution in [3.8, 4) is 0 Å². The van der Waals surface area contributed by atoms with Crippen LogP contribution in [0.15, 0.2) is 18.2 Å². The zero-order valence-electron chi connectivity index (χ0n) is 8.78. The zero-order chi connectivity index (χ0) is 12.0. The van der Waals surface area contributed by atoms with E-state index in [0.717, 1.165) is 0 Å². The minimum absolute atomic E-state index is 0.130. The number of Topliss-reactive ketones (excluding diaryl/α,β-unsaturated/α-hetero) is 1. The van der Waals surface area contributed by atoms with Gasteiger partial charge in [-0.2, -0.15) is 0 Å². The molecule has 0 fully saturated rings. The summed E-state index contributed by atoms with van der Waals surface area (Å²) in [6.45, 7) is 5.31. The van der Waals surface area contributed by atoms with E-state index in [1.165, 1.54) is 25.1 Å². The van der Waals surface area contributed by atoms with E-state index in [4.69, 9.17) is 11.6 Å². The van der Waals surface area contributed by atoms with E-state index in [1.807, 2.05) is 13.8 Å². The summed E-state index contributed by atoms with van der Waals surface area (Å²) in [6.07, 6.45) is 0. The Hall–Kier alpha value is -1.42. The Balaban J connectivity index is 0.000000921. The van der Waals surface area contributed by atoms with Crippen molar-refractivity contribution in [1.29, 1.82) is 0 Å². The van der Waals surface area contributed by atoms with Gasteiger partial charge in [-0.15, -0.1) is 0 Å². The van der Waals surface area contributed by atoms with Gasteiger partial charge in [0, 0.05) is 17.7 Å². The van der Waals surface area contributed by atoms with E-state index < -0.39 is 4.92 Å². The predicted molar refractivity (Wildman–Crippen MR) is 59.5 cm³/mol. The van der Waals surface area contributed by atoms with E-state index in [-0.39, 0.29) is 22.1 Å². The molecule has 0 amide bonds.